The molecule has 1 aromatic heterocycles. The Labute approximate surface area is 131 Å². The van der Waals surface area contributed by atoms with Gasteiger partial charge in [-0.25, -0.2) is 4.98 Å². The lowest BCUT2D eigenvalue weighted by molar-refractivity contribution is 0.587. The zero-order chi connectivity index (χ0) is 14.7. The van der Waals surface area contributed by atoms with Gasteiger partial charge >= 0.3 is 0 Å². The van der Waals surface area contributed by atoms with Gasteiger partial charge in [-0.2, -0.15) is 0 Å². The number of hydrogen-bond donors (Lipinski definition) is 1. The van der Waals surface area contributed by atoms with Crippen LogP contribution in [0, 0.1) is 0 Å². The molecule has 1 aliphatic carbocycles. The Balaban J connectivity index is 1.65. The van der Waals surface area contributed by atoms with Gasteiger partial charge in [0, 0.05) is 23.7 Å². The van der Waals surface area contributed by atoms with Crippen LogP contribution in [0.5, 0.6) is 0 Å². The molecule has 1 aromatic carbocycles. The van der Waals surface area contributed by atoms with Gasteiger partial charge in [0.2, 0.25) is 0 Å². The maximum atomic E-state index is 4.57. The normalized spacial score (nSPS) is 13.7. The maximum Gasteiger partial charge on any atom is 0.101 e. The summed E-state index contributed by atoms with van der Waals surface area (Å²) in [5.74, 6) is 0. The molecule has 1 heterocycles. The average molecular weight is 298 g/mol. The third kappa shape index (κ3) is 3.86. The molecule has 1 aliphatic rings. The zero-order valence-corrected chi connectivity index (χ0v) is 13.5. The van der Waals surface area contributed by atoms with Crippen LogP contribution < -0.4 is 5.32 Å². The fourth-order valence-corrected chi connectivity index (χ4v) is 3.45. The minimum atomic E-state index is 0.505. The smallest absolute Gasteiger partial charge is 0.101 e. The first-order chi connectivity index (χ1) is 10.2. The molecule has 0 atom stereocenters. The highest BCUT2D eigenvalue weighted by Crippen LogP contribution is 2.31. The molecule has 2 nitrogen and oxygen atoms in total. The number of nitrogens with one attached hydrogen (secondary N) is 1. The molecule has 2 aromatic rings. The van der Waals surface area contributed by atoms with Crippen molar-refractivity contribution in [1.29, 1.82) is 0 Å². The lowest BCUT2D eigenvalue weighted by Crippen LogP contribution is -2.21. The molecular weight excluding hydrogens is 276 g/mol. The molecule has 110 valence electrons. The first-order valence-corrected chi connectivity index (χ1v) is 8.50. The molecule has 0 spiro atoms. The topological polar surface area (TPSA) is 24.9 Å². The molecule has 3 rings (SSSR count). The number of benzene rings is 1. The molecule has 0 fully saturated rings. The SMILES string of the molecule is CC(C)NCc1ccc(Sc2ccc3c(c2)CCC3)nc1. The van der Waals surface area contributed by atoms with Gasteiger partial charge in [-0.15, -0.1) is 0 Å². The third-order valence-corrected chi connectivity index (χ3v) is 4.74. The van der Waals surface area contributed by atoms with E-state index >= 15 is 0 Å². The van der Waals surface area contributed by atoms with Crippen molar-refractivity contribution in [2.24, 2.45) is 0 Å². The number of rotatable bonds is 5. The van der Waals surface area contributed by atoms with Crippen LogP contribution >= 0.6 is 11.8 Å². The van der Waals surface area contributed by atoms with E-state index in [1.165, 1.54) is 40.8 Å². The van der Waals surface area contributed by atoms with Crippen LogP contribution in [0.4, 0.5) is 0 Å². The van der Waals surface area contributed by atoms with E-state index in [-0.39, 0.29) is 0 Å². The Morgan fingerprint density at radius 3 is 2.76 bits per heavy atom. The fraction of sp³-hybridized carbons (Fsp3) is 0.389. The van der Waals surface area contributed by atoms with Crippen molar-refractivity contribution < 1.29 is 0 Å². The molecule has 21 heavy (non-hydrogen) atoms. The number of fused-ring (bicyclic) bond motifs is 1. The molecule has 0 bridgehead atoms. The highest BCUT2D eigenvalue weighted by atomic mass is 32.2. The van der Waals surface area contributed by atoms with Crippen LogP contribution in [0.25, 0.3) is 0 Å². The van der Waals surface area contributed by atoms with E-state index in [4.69, 9.17) is 0 Å². The second-order valence-electron chi connectivity index (χ2n) is 5.93. The van der Waals surface area contributed by atoms with E-state index in [0.29, 0.717) is 6.04 Å². The Morgan fingerprint density at radius 1 is 1.14 bits per heavy atom. The van der Waals surface area contributed by atoms with E-state index in [1.54, 1.807) is 11.8 Å². The number of aromatic nitrogens is 1. The van der Waals surface area contributed by atoms with Crippen molar-refractivity contribution in [3.8, 4) is 0 Å². The van der Waals surface area contributed by atoms with Gasteiger partial charge < -0.3 is 5.32 Å². The Kier molecular flexibility index (Phi) is 4.61. The number of aryl methyl sites for hydroxylation is 2. The van der Waals surface area contributed by atoms with Crippen LogP contribution in [0.3, 0.4) is 0 Å². The number of hydrogen-bond acceptors (Lipinski definition) is 3. The molecule has 1 N–H and O–H groups in total. The van der Waals surface area contributed by atoms with E-state index in [9.17, 15) is 0 Å². The third-order valence-electron chi connectivity index (χ3n) is 3.80. The maximum absolute atomic E-state index is 4.57. The van der Waals surface area contributed by atoms with Crippen molar-refractivity contribution in [2.75, 3.05) is 0 Å². The fourth-order valence-electron chi connectivity index (χ4n) is 2.63. The molecule has 0 radical (unpaired) electrons. The summed E-state index contributed by atoms with van der Waals surface area (Å²) in [4.78, 5) is 5.87. The first kappa shape index (κ1) is 14.6. The van der Waals surface area contributed by atoms with Crippen molar-refractivity contribution in [3.63, 3.8) is 0 Å². The van der Waals surface area contributed by atoms with Crippen LogP contribution in [0.15, 0.2) is 46.5 Å². The lowest BCUT2D eigenvalue weighted by atomic mass is 10.1. The summed E-state index contributed by atoms with van der Waals surface area (Å²) in [7, 11) is 0. The first-order valence-electron chi connectivity index (χ1n) is 7.69. The van der Waals surface area contributed by atoms with Gasteiger partial charge in [0.05, 0.1) is 0 Å². The van der Waals surface area contributed by atoms with Crippen LogP contribution in [0.2, 0.25) is 0 Å². The summed E-state index contributed by atoms with van der Waals surface area (Å²) in [6.07, 6.45) is 5.76. The highest BCUT2D eigenvalue weighted by Gasteiger charge is 2.11. The van der Waals surface area contributed by atoms with Gasteiger partial charge in [0.25, 0.3) is 0 Å². The van der Waals surface area contributed by atoms with Crippen molar-refractivity contribution in [2.45, 2.75) is 55.6 Å². The van der Waals surface area contributed by atoms with Gasteiger partial charge in [-0.05, 0) is 54.2 Å². The average Bonchev–Trinajstić information content (AvgIpc) is 2.94. The second kappa shape index (κ2) is 6.63. The largest absolute Gasteiger partial charge is 0.310 e. The lowest BCUT2D eigenvalue weighted by Gasteiger charge is -2.08. The number of pyridine rings is 1. The molecule has 0 unspecified atom stereocenters. The molecule has 3 heteroatoms. The minimum absolute atomic E-state index is 0.505. The summed E-state index contributed by atoms with van der Waals surface area (Å²) in [6.45, 7) is 5.20. The Bertz CT molecular complexity index is 605. The molecular formula is C18H22N2S. The van der Waals surface area contributed by atoms with E-state index in [2.05, 4.69) is 54.5 Å². The monoisotopic (exact) mass is 298 g/mol. The summed E-state index contributed by atoms with van der Waals surface area (Å²) >= 11 is 1.76. The summed E-state index contributed by atoms with van der Waals surface area (Å²) in [6, 6.07) is 11.6. The van der Waals surface area contributed by atoms with E-state index < -0.39 is 0 Å². The van der Waals surface area contributed by atoms with Crippen LogP contribution in [0.1, 0.15) is 37.0 Å². The van der Waals surface area contributed by atoms with Crippen molar-refractivity contribution >= 4 is 11.8 Å². The van der Waals surface area contributed by atoms with Gasteiger partial charge in [-0.3, -0.25) is 0 Å². The van der Waals surface area contributed by atoms with Crippen LogP contribution in [-0.2, 0) is 19.4 Å². The zero-order valence-electron chi connectivity index (χ0n) is 12.7. The van der Waals surface area contributed by atoms with E-state index in [1.807, 2.05) is 6.20 Å². The summed E-state index contributed by atoms with van der Waals surface area (Å²) in [5, 5.41) is 4.48. The van der Waals surface area contributed by atoms with Crippen molar-refractivity contribution in [1.82, 2.24) is 10.3 Å². The van der Waals surface area contributed by atoms with Crippen LogP contribution in [-0.4, -0.2) is 11.0 Å². The predicted molar refractivity (Wildman–Crippen MR) is 88.8 cm³/mol. The minimum Gasteiger partial charge on any atom is -0.310 e. The predicted octanol–water partition coefficient (Wildman–Crippen LogP) is 4.22. The second-order valence-corrected chi connectivity index (χ2v) is 7.02. The Morgan fingerprint density at radius 2 is 2.00 bits per heavy atom. The Hall–Kier alpha value is -1.32. The van der Waals surface area contributed by atoms with Crippen molar-refractivity contribution in [3.05, 3.63) is 53.2 Å². The van der Waals surface area contributed by atoms with E-state index in [0.717, 1.165) is 11.6 Å². The standard InChI is InChI=1S/C18H22N2S/c1-13(2)19-11-14-6-9-18(20-12-14)21-17-8-7-15-4-3-5-16(15)10-17/h6-10,12-13,19H,3-5,11H2,1-2H3. The molecule has 0 amide bonds. The molecule has 0 saturated heterocycles. The quantitative estimate of drug-likeness (QED) is 0.894. The molecule has 0 aliphatic heterocycles. The van der Waals surface area contributed by atoms with Gasteiger partial charge in [0.1, 0.15) is 5.03 Å². The molecule has 0 saturated carbocycles. The number of nitrogens with zero attached hydrogens (tertiary/aromatic N) is 1. The summed E-state index contributed by atoms with van der Waals surface area (Å²) < 4.78 is 0. The van der Waals surface area contributed by atoms with Gasteiger partial charge in [-0.1, -0.05) is 37.7 Å². The van der Waals surface area contributed by atoms with Gasteiger partial charge in [0.15, 0.2) is 0 Å². The highest BCUT2D eigenvalue weighted by molar-refractivity contribution is 7.99. The summed E-state index contributed by atoms with van der Waals surface area (Å²) in [5.41, 5.74) is 4.29.